The summed E-state index contributed by atoms with van der Waals surface area (Å²) in [6.45, 7) is 6.28. The maximum absolute atomic E-state index is 4.74. The largest absolute Gasteiger partial charge is 0.317 e. The van der Waals surface area contributed by atoms with E-state index in [-0.39, 0.29) is 0 Å². The number of nitrogens with zero attached hydrogens (tertiary/aromatic N) is 3. The quantitative estimate of drug-likeness (QED) is 0.748. The molecule has 0 radical (unpaired) electrons. The first-order chi connectivity index (χ1) is 8.36. The molecule has 0 spiro atoms. The van der Waals surface area contributed by atoms with Crippen LogP contribution >= 0.6 is 11.3 Å². The minimum Gasteiger partial charge on any atom is -0.317 e. The number of fused-ring (bicyclic) bond motifs is 1. The molecule has 0 aromatic carbocycles. The van der Waals surface area contributed by atoms with Gasteiger partial charge in [-0.15, -0.1) is 11.3 Å². The summed E-state index contributed by atoms with van der Waals surface area (Å²) >= 11 is 1.68. The molecule has 0 unspecified atom stereocenters. The highest BCUT2D eigenvalue weighted by Gasteiger charge is 2.02. The van der Waals surface area contributed by atoms with Crippen molar-refractivity contribution in [3.05, 3.63) is 23.3 Å². The van der Waals surface area contributed by atoms with Gasteiger partial charge >= 0.3 is 0 Å². The fourth-order valence-corrected chi connectivity index (χ4v) is 2.55. The fourth-order valence-electron chi connectivity index (χ4n) is 1.83. The van der Waals surface area contributed by atoms with Gasteiger partial charge in [0, 0.05) is 13.1 Å². The molecule has 0 aliphatic carbocycles. The molecule has 0 fully saturated rings. The Balaban J connectivity index is 2.49. The number of unbranched alkanes of at least 4 members (excludes halogenated alkanes) is 1. The molecule has 3 nitrogen and oxygen atoms in total. The van der Waals surface area contributed by atoms with Crippen LogP contribution < -0.4 is 5.49 Å². The topological polar surface area (TPSA) is 30.2 Å². The van der Waals surface area contributed by atoms with E-state index in [1.54, 1.807) is 11.3 Å². The molecule has 92 valence electrons. The standard InChI is InChI=1S/C13H19N3S/c1-3-5-7-14-12-11-6-9-17-13(11)15-10-16(12)8-4-2/h6,9-10H,3-5,7-8H2,1-2H3. The highest BCUT2D eigenvalue weighted by molar-refractivity contribution is 7.16. The summed E-state index contributed by atoms with van der Waals surface area (Å²) in [5, 5.41) is 3.29. The molecule has 0 aliphatic rings. The molecule has 0 bridgehead atoms. The normalized spacial score (nSPS) is 12.5. The van der Waals surface area contributed by atoms with Gasteiger partial charge < -0.3 is 4.57 Å². The van der Waals surface area contributed by atoms with Crippen molar-refractivity contribution in [2.45, 2.75) is 39.7 Å². The van der Waals surface area contributed by atoms with E-state index in [0.29, 0.717) is 0 Å². The molecule has 2 aromatic heterocycles. The molecule has 0 saturated heterocycles. The minimum absolute atomic E-state index is 0.912. The average molecular weight is 249 g/mol. The van der Waals surface area contributed by atoms with Crippen LogP contribution in [0.1, 0.15) is 33.1 Å². The second kappa shape index (κ2) is 5.96. The Morgan fingerprint density at radius 1 is 1.35 bits per heavy atom. The van der Waals surface area contributed by atoms with Gasteiger partial charge in [0.15, 0.2) is 0 Å². The van der Waals surface area contributed by atoms with Crippen molar-refractivity contribution in [1.29, 1.82) is 0 Å². The van der Waals surface area contributed by atoms with Crippen molar-refractivity contribution in [1.82, 2.24) is 9.55 Å². The first-order valence-corrected chi connectivity index (χ1v) is 7.18. The van der Waals surface area contributed by atoms with Gasteiger partial charge in [-0.3, -0.25) is 4.99 Å². The van der Waals surface area contributed by atoms with Gasteiger partial charge in [0.25, 0.3) is 0 Å². The summed E-state index contributed by atoms with van der Waals surface area (Å²) in [6.07, 6.45) is 5.38. The van der Waals surface area contributed by atoms with Gasteiger partial charge in [-0.1, -0.05) is 20.3 Å². The van der Waals surface area contributed by atoms with Crippen LogP contribution in [0.3, 0.4) is 0 Å². The van der Waals surface area contributed by atoms with Crippen LogP contribution in [-0.2, 0) is 6.54 Å². The first-order valence-electron chi connectivity index (χ1n) is 6.30. The lowest BCUT2D eigenvalue weighted by molar-refractivity contribution is 0.629. The highest BCUT2D eigenvalue weighted by atomic mass is 32.1. The highest BCUT2D eigenvalue weighted by Crippen LogP contribution is 2.13. The summed E-state index contributed by atoms with van der Waals surface area (Å²) in [6, 6.07) is 2.13. The lowest BCUT2D eigenvalue weighted by Gasteiger charge is -2.06. The van der Waals surface area contributed by atoms with Gasteiger partial charge in [-0.25, -0.2) is 4.98 Å². The number of thiophene rings is 1. The van der Waals surface area contributed by atoms with E-state index in [2.05, 4.69) is 34.8 Å². The molecule has 4 heteroatoms. The van der Waals surface area contributed by atoms with E-state index in [0.717, 1.165) is 36.2 Å². The van der Waals surface area contributed by atoms with Crippen molar-refractivity contribution in [3.8, 4) is 0 Å². The third-order valence-corrected chi connectivity index (χ3v) is 3.53. The van der Waals surface area contributed by atoms with Crippen LogP contribution in [0.25, 0.3) is 10.2 Å². The van der Waals surface area contributed by atoms with Gasteiger partial charge in [-0.2, -0.15) is 0 Å². The maximum Gasteiger partial charge on any atom is 0.139 e. The summed E-state index contributed by atoms with van der Waals surface area (Å²) in [5.74, 6) is 0. The maximum atomic E-state index is 4.74. The van der Waals surface area contributed by atoms with Crippen LogP contribution in [0.4, 0.5) is 0 Å². The smallest absolute Gasteiger partial charge is 0.139 e. The fraction of sp³-hybridized carbons (Fsp3) is 0.538. The summed E-state index contributed by atoms with van der Waals surface area (Å²) in [4.78, 5) is 10.3. The Bertz CT molecular complexity index is 539. The Labute approximate surface area is 106 Å². The molecule has 2 aromatic rings. The van der Waals surface area contributed by atoms with Crippen LogP contribution in [-0.4, -0.2) is 16.1 Å². The molecule has 0 atom stereocenters. The van der Waals surface area contributed by atoms with Crippen molar-refractivity contribution >= 4 is 21.6 Å². The zero-order chi connectivity index (χ0) is 12.1. The van der Waals surface area contributed by atoms with Gasteiger partial charge in [0.1, 0.15) is 10.3 Å². The van der Waals surface area contributed by atoms with Crippen molar-refractivity contribution in [2.75, 3.05) is 6.54 Å². The Morgan fingerprint density at radius 2 is 2.24 bits per heavy atom. The van der Waals surface area contributed by atoms with E-state index >= 15 is 0 Å². The van der Waals surface area contributed by atoms with E-state index < -0.39 is 0 Å². The number of aryl methyl sites for hydroxylation is 1. The first kappa shape index (κ1) is 12.3. The molecule has 0 amide bonds. The molecule has 0 N–H and O–H groups in total. The average Bonchev–Trinajstić information content (AvgIpc) is 2.80. The van der Waals surface area contributed by atoms with Crippen molar-refractivity contribution in [2.24, 2.45) is 4.99 Å². The SMILES string of the molecule is CCCCN=c1c2ccsc2ncn1CCC. The van der Waals surface area contributed by atoms with Gasteiger partial charge in [-0.05, 0) is 24.3 Å². The molecule has 0 aliphatic heterocycles. The Kier molecular flexibility index (Phi) is 4.31. The molecule has 2 rings (SSSR count). The summed E-state index contributed by atoms with van der Waals surface area (Å²) < 4.78 is 2.17. The zero-order valence-electron chi connectivity index (χ0n) is 10.5. The Hall–Kier alpha value is -1.16. The van der Waals surface area contributed by atoms with Crippen molar-refractivity contribution in [3.63, 3.8) is 0 Å². The molecular weight excluding hydrogens is 230 g/mol. The molecule has 17 heavy (non-hydrogen) atoms. The van der Waals surface area contributed by atoms with Crippen LogP contribution in [0.15, 0.2) is 22.8 Å². The lowest BCUT2D eigenvalue weighted by Crippen LogP contribution is -2.22. The van der Waals surface area contributed by atoms with Crippen LogP contribution in [0.2, 0.25) is 0 Å². The number of aromatic nitrogens is 2. The van der Waals surface area contributed by atoms with Gasteiger partial charge in [0.2, 0.25) is 0 Å². The third kappa shape index (κ3) is 2.75. The predicted octanol–water partition coefficient (Wildman–Crippen LogP) is 3.21. The van der Waals surface area contributed by atoms with Crippen LogP contribution in [0, 0.1) is 0 Å². The predicted molar refractivity (Wildman–Crippen MR) is 73.2 cm³/mol. The van der Waals surface area contributed by atoms with Crippen molar-refractivity contribution < 1.29 is 0 Å². The van der Waals surface area contributed by atoms with E-state index in [9.17, 15) is 0 Å². The van der Waals surface area contributed by atoms with Gasteiger partial charge in [0.05, 0.1) is 11.7 Å². The zero-order valence-corrected chi connectivity index (χ0v) is 11.3. The monoisotopic (exact) mass is 249 g/mol. The summed E-state index contributed by atoms with van der Waals surface area (Å²) in [5.41, 5.74) is 1.10. The van der Waals surface area contributed by atoms with E-state index in [1.807, 2.05) is 6.33 Å². The summed E-state index contributed by atoms with van der Waals surface area (Å²) in [7, 11) is 0. The second-order valence-electron chi connectivity index (χ2n) is 4.14. The molecule has 0 saturated carbocycles. The third-order valence-electron chi connectivity index (χ3n) is 2.71. The van der Waals surface area contributed by atoms with E-state index in [4.69, 9.17) is 4.99 Å². The van der Waals surface area contributed by atoms with Crippen LogP contribution in [0.5, 0.6) is 0 Å². The van der Waals surface area contributed by atoms with E-state index in [1.165, 1.54) is 11.8 Å². The molecule has 2 heterocycles. The number of hydrogen-bond acceptors (Lipinski definition) is 3. The number of rotatable bonds is 5. The lowest BCUT2D eigenvalue weighted by atomic mass is 10.3. The minimum atomic E-state index is 0.912. The molecular formula is C13H19N3S. The second-order valence-corrected chi connectivity index (χ2v) is 5.03. The number of hydrogen-bond donors (Lipinski definition) is 0. The Morgan fingerprint density at radius 3 is 3.00 bits per heavy atom.